The van der Waals surface area contributed by atoms with Crippen molar-refractivity contribution in [3.8, 4) is 11.5 Å². The Hall–Kier alpha value is -3.14. The van der Waals surface area contributed by atoms with Gasteiger partial charge in [0, 0.05) is 16.9 Å². The molecule has 0 aliphatic carbocycles. The molecular formula is C27H27BrClN3O4S. The molecule has 3 aromatic carbocycles. The van der Waals surface area contributed by atoms with E-state index < -0.39 is 6.10 Å². The van der Waals surface area contributed by atoms with Gasteiger partial charge in [-0.3, -0.25) is 14.9 Å². The fourth-order valence-electron chi connectivity index (χ4n) is 3.09. The van der Waals surface area contributed by atoms with E-state index in [0.29, 0.717) is 44.5 Å². The van der Waals surface area contributed by atoms with Crippen LogP contribution in [0.3, 0.4) is 0 Å². The number of anilines is 2. The summed E-state index contributed by atoms with van der Waals surface area (Å²) in [6, 6.07) is 19.0. The minimum absolute atomic E-state index is 0.142. The van der Waals surface area contributed by atoms with E-state index in [1.54, 1.807) is 73.7 Å². The van der Waals surface area contributed by atoms with E-state index in [9.17, 15) is 9.59 Å². The van der Waals surface area contributed by atoms with Crippen LogP contribution >= 0.6 is 39.7 Å². The van der Waals surface area contributed by atoms with Crippen LogP contribution in [0, 0.1) is 0 Å². The van der Waals surface area contributed by atoms with Gasteiger partial charge in [-0.15, -0.1) is 0 Å². The molecule has 0 spiro atoms. The highest BCUT2D eigenvalue weighted by molar-refractivity contribution is 9.10. The third-order valence-corrected chi connectivity index (χ3v) is 6.23. The van der Waals surface area contributed by atoms with Crippen LogP contribution in [0.25, 0.3) is 0 Å². The monoisotopic (exact) mass is 603 g/mol. The lowest BCUT2D eigenvalue weighted by Gasteiger charge is -2.16. The molecule has 0 saturated heterocycles. The number of ether oxygens (including phenoxy) is 2. The van der Waals surface area contributed by atoms with E-state index >= 15 is 0 Å². The molecule has 0 radical (unpaired) electrons. The van der Waals surface area contributed by atoms with Gasteiger partial charge in [-0.05, 0) is 96.1 Å². The highest BCUT2D eigenvalue weighted by Crippen LogP contribution is 2.27. The number of carbonyl (C=O) groups is 2. The first-order valence-corrected chi connectivity index (χ1v) is 13.2. The Morgan fingerprint density at radius 3 is 2.32 bits per heavy atom. The van der Waals surface area contributed by atoms with Gasteiger partial charge in [-0.2, -0.15) is 0 Å². The summed E-state index contributed by atoms with van der Waals surface area (Å²) in [7, 11) is 0. The molecule has 3 N–H and O–H groups in total. The number of hydrogen-bond acceptors (Lipinski definition) is 5. The highest BCUT2D eigenvalue weighted by atomic mass is 79.9. The molecule has 7 nitrogen and oxygen atoms in total. The normalized spacial score (nSPS) is 11.2. The lowest BCUT2D eigenvalue weighted by molar-refractivity contribution is -0.122. The van der Waals surface area contributed by atoms with Crippen molar-refractivity contribution in [2.75, 3.05) is 17.2 Å². The molecule has 0 fully saturated rings. The molecule has 2 amide bonds. The van der Waals surface area contributed by atoms with E-state index in [1.807, 2.05) is 0 Å². The van der Waals surface area contributed by atoms with Crippen molar-refractivity contribution in [3.63, 3.8) is 0 Å². The fourth-order valence-corrected chi connectivity index (χ4v) is 3.97. The van der Waals surface area contributed by atoms with Gasteiger partial charge in [0.25, 0.3) is 11.8 Å². The molecule has 0 heterocycles. The van der Waals surface area contributed by atoms with E-state index in [1.165, 1.54) is 0 Å². The van der Waals surface area contributed by atoms with Crippen LogP contribution in [0.1, 0.15) is 37.0 Å². The third-order valence-electron chi connectivity index (χ3n) is 5.10. The number of halogens is 2. The number of rotatable bonds is 10. The Bertz CT molecular complexity index is 1260. The van der Waals surface area contributed by atoms with Crippen molar-refractivity contribution in [1.82, 2.24) is 5.32 Å². The predicted octanol–water partition coefficient (Wildman–Crippen LogP) is 6.81. The largest absolute Gasteiger partial charge is 0.492 e. The zero-order chi connectivity index (χ0) is 26.8. The minimum atomic E-state index is -0.752. The number of unbranched alkanes of at least 4 members (excludes halogenated alkanes) is 1. The summed E-state index contributed by atoms with van der Waals surface area (Å²) in [6.07, 6.45) is 1.25. The number of nitrogens with one attached hydrogen (secondary N) is 3. The maximum absolute atomic E-state index is 12.6. The molecule has 0 aliphatic heterocycles. The number of amides is 2. The molecule has 0 aliphatic rings. The first-order valence-electron chi connectivity index (χ1n) is 11.6. The molecule has 37 heavy (non-hydrogen) atoms. The van der Waals surface area contributed by atoms with Crippen LogP contribution in [-0.2, 0) is 4.79 Å². The van der Waals surface area contributed by atoms with Crippen LogP contribution < -0.4 is 25.4 Å². The first kappa shape index (κ1) is 28.4. The van der Waals surface area contributed by atoms with Gasteiger partial charge in [0.1, 0.15) is 11.5 Å². The van der Waals surface area contributed by atoms with Crippen molar-refractivity contribution < 1.29 is 19.1 Å². The molecule has 194 valence electrons. The number of para-hydroxylation sites is 1. The second-order valence-electron chi connectivity index (χ2n) is 8.01. The average Bonchev–Trinajstić information content (AvgIpc) is 2.87. The highest BCUT2D eigenvalue weighted by Gasteiger charge is 2.16. The molecule has 1 unspecified atom stereocenters. The van der Waals surface area contributed by atoms with Crippen molar-refractivity contribution in [2.24, 2.45) is 0 Å². The van der Waals surface area contributed by atoms with Crippen molar-refractivity contribution in [1.29, 1.82) is 0 Å². The van der Waals surface area contributed by atoms with Gasteiger partial charge < -0.3 is 20.1 Å². The number of hydrogen-bond donors (Lipinski definition) is 3. The fraction of sp³-hybridized carbons (Fsp3) is 0.222. The van der Waals surface area contributed by atoms with Gasteiger partial charge in [0.2, 0.25) is 0 Å². The smallest absolute Gasteiger partial charge is 0.265 e. The molecular weight excluding hydrogens is 578 g/mol. The first-order chi connectivity index (χ1) is 17.8. The summed E-state index contributed by atoms with van der Waals surface area (Å²) in [5.74, 6) is 0.444. The zero-order valence-corrected chi connectivity index (χ0v) is 23.5. The molecule has 0 bridgehead atoms. The number of carbonyl (C=O) groups excluding carboxylic acids is 2. The van der Waals surface area contributed by atoms with Gasteiger partial charge in [-0.25, -0.2) is 0 Å². The number of thiocarbonyl (C=S) groups is 1. The van der Waals surface area contributed by atoms with E-state index in [2.05, 4.69) is 38.8 Å². The minimum Gasteiger partial charge on any atom is -0.492 e. The topological polar surface area (TPSA) is 88.7 Å². The second kappa shape index (κ2) is 14.0. The maximum Gasteiger partial charge on any atom is 0.265 e. The van der Waals surface area contributed by atoms with Crippen LogP contribution in [-0.4, -0.2) is 29.6 Å². The van der Waals surface area contributed by atoms with E-state index in [0.717, 1.165) is 12.8 Å². The van der Waals surface area contributed by atoms with Gasteiger partial charge >= 0.3 is 0 Å². The zero-order valence-electron chi connectivity index (χ0n) is 20.3. The predicted molar refractivity (Wildman–Crippen MR) is 155 cm³/mol. The van der Waals surface area contributed by atoms with Crippen molar-refractivity contribution in [2.45, 2.75) is 32.8 Å². The van der Waals surface area contributed by atoms with E-state index in [4.69, 9.17) is 33.3 Å². The van der Waals surface area contributed by atoms with Crippen LogP contribution in [0.15, 0.2) is 71.2 Å². The lowest BCUT2D eigenvalue weighted by Crippen LogP contribution is -2.34. The molecule has 3 rings (SSSR count). The summed E-state index contributed by atoms with van der Waals surface area (Å²) in [4.78, 5) is 25.1. The maximum atomic E-state index is 12.6. The Morgan fingerprint density at radius 2 is 1.68 bits per heavy atom. The Kier molecular flexibility index (Phi) is 10.7. The van der Waals surface area contributed by atoms with E-state index in [-0.39, 0.29) is 16.9 Å². The Labute approximate surface area is 235 Å². The summed E-state index contributed by atoms with van der Waals surface area (Å²) < 4.78 is 12.0. The summed E-state index contributed by atoms with van der Waals surface area (Å²) in [5, 5.41) is 8.98. The SMILES string of the molecule is CCCCOc1ccc(C(=O)NC(=S)Nc2ccc(NC(=O)C(C)Oc3ccccc3Cl)cc2)cc1Br. The molecule has 0 saturated carbocycles. The molecule has 3 aromatic rings. The van der Waals surface area contributed by atoms with Gasteiger partial charge in [0.05, 0.1) is 16.1 Å². The van der Waals surface area contributed by atoms with Crippen LogP contribution in [0.5, 0.6) is 11.5 Å². The molecule has 1 atom stereocenters. The Balaban J connectivity index is 1.49. The number of benzene rings is 3. The summed E-state index contributed by atoms with van der Waals surface area (Å²) in [5.41, 5.74) is 1.65. The quantitative estimate of drug-likeness (QED) is 0.174. The molecule has 10 heteroatoms. The third kappa shape index (κ3) is 8.73. The Morgan fingerprint density at radius 1 is 1.00 bits per heavy atom. The van der Waals surface area contributed by atoms with Gasteiger partial charge in [0.15, 0.2) is 11.2 Å². The van der Waals surface area contributed by atoms with Crippen molar-refractivity contribution >= 4 is 68.1 Å². The van der Waals surface area contributed by atoms with Crippen LogP contribution in [0.2, 0.25) is 5.02 Å². The second-order valence-corrected chi connectivity index (χ2v) is 9.68. The van der Waals surface area contributed by atoms with Crippen molar-refractivity contribution in [3.05, 3.63) is 81.8 Å². The van der Waals surface area contributed by atoms with Crippen LogP contribution in [0.4, 0.5) is 11.4 Å². The standard InChI is InChI=1S/C27H27BrClN3O4S/c1-3-4-15-35-23-14-9-18(16-21(23)28)26(34)32-27(37)31-20-12-10-19(11-13-20)30-25(33)17(2)36-24-8-6-5-7-22(24)29/h5-14,16-17H,3-4,15H2,1-2H3,(H,30,33)(H2,31,32,34,37). The van der Waals surface area contributed by atoms with Gasteiger partial charge in [-0.1, -0.05) is 37.1 Å². The lowest BCUT2D eigenvalue weighted by atomic mass is 10.2. The average molecular weight is 605 g/mol. The summed E-state index contributed by atoms with van der Waals surface area (Å²) in [6.45, 7) is 4.35. The summed E-state index contributed by atoms with van der Waals surface area (Å²) >= 11 is 14.8. The molecule has 0 aromatic heterocycles.